The van der Waals surface area contributed by atoms with Crippen LogP contribution in [0.1, 0.15) is 99.8 Å². The second-order valence-electron chi connectivity index (χ2n) is 11.4. The average molecular weight is 413 g/mol. The number of hydrogen-bond donors (Lipinski definition) is 1. The first-order valence-corrected chi connectivity index (χ1v) is 13.0. The molecule has 0 amide bonds. The van der Waals surface area contributed by atoms with Crippen LogP contribution in [0.25, 0.3) is 0 Å². The molecule has 1 heteroatoms. The van der Waals surface area contributed by atoms with Crippen LogP contribution in [0.4, 0.5) is 0 Å². The summed E-state index contributed by atoms with van der Waals surface area (Å²) < 4.78 is 0. The van der Waals surface area contributed by atoms with Crippen molar-refractivity contribution in [2.24, 2.45) is 40.4 Å². The molecule has 0 bridgehead atoms. The number of allylic oxidation sites excluding steroid dienone is 5. The molecule has 0 aliphatic heterocycles. The van der Waals surface area contributed by atoms with Crippen LogP contribution in [0.2, 0.25) is 0 Å². The zero-order valence-corrected chi connectivity index (χ0v) is 20.9. The van der Waals surface area contributed by atoms with Gasteiger partial charge >= 0.3 is 0 Å². The van der Waals surface area contributed by atoms with Crippen molar-refractivity contribution in [2.75, 3.05) is 0 Å². The van der Waals surface area contributed by atoms with E-state index in [1.807, 2.05) is 13.8 Å². The van der Waals surface area contributed by atoms with E-state index in [9.17, 15) is 5.11 Å². The Balaban J connectivity index is 0.00000124. The summed E-state index contributed by atoms with van der Waals surface area (Å²) in [6.07, 6.45) is 19.6. The van der Waals surface area contributed by atoms with Gasteiger partial charge in [0.05, 0.1) is 6.10 Å². The standard InChI is InChI=1S/C27H42O.C2H6/c1-18(2)19(3)7-6-8-20-10-12-24-23-11-9-21-17-22(28)13-15-27(21,5)25(23)14-16-26(20,24)4;1-2/h6-7,9,11,18-20,22,24-25,28H,8,10,12-17H2,1-5H3;1-2H3/b7-6+;/t19-,20?,22?,24?,25?,26?,27?;/m0./s1. The topological polar surface area (TPSA) is 20.2 Å². The van der Waals surface area contributed by atoms with E-state index in [1.165, 1.54) is 44.1 Å². The van der Waals surface area contributed by atoms with Crippen molar-refractivity contribution in [1.82, 2.24) is 0 Å². The molecule has 0 aromatic carbocycles. The van der Waals surface area contributed by atoms with Crippen LogP contribution in [0, 0.1) is 40.4 Å². The van der Waals surface area contributed by atoms with Gasteiger partial charge in [-0.3, -0.25) is 0 Å². The lowest BCUT2D eigenvalue weighted by molar-refractivity contribution is 0.0453. The SMILES string of the molecule is CC.CC(C)[C@@H](C)/C=C/CC1CCC2C3=CC=C4CC(O)CCC4(C)C3CCC12C. The minimum atomic E-state index is -0.112. The molecule has 7 atom stereocenters. The summed E-state index contributed by atoms with van der Waals surface area (Å²) >= 11 is 0. The van der Waals surface area contributed by atoms with Crippen molar-refractivity contribution in [3.05, 3.63) is 35.5 Å². The molecule has 4 rings (SSSR count). The van der Waals surface area contributed by atoms with Crippen molar-refractivity contribution in [3.8, 4) is 0 Å². The third-order valence-electron chi connectivity index (χ3n) is 9.65. The third-order valence-corrected chi connectivity index (χ3v) is 9.65. The largest absolute Gasteiger partial charge is 0.393 e. The van der Waals surface area contributed by atoms with Crippen molar-refractivity contribution in [3.63, 3.8) is 0 Å². The first-order valence-electron chi connectivity index (χ1n) is 13.0. The van der Waals surface area contributed by atoms with Crippen LogP contribution >= 0.6 is 0 Å². The highest BCUT2D eigenvalue weighted by molar-refractivity contribution is 5.38. The van der Waals surface area contributed by atoms with Crippen LogP contribution in [0.15, 0.2) is 35.5 Å². The molecule has 0 saturated heterocycles. The Morgan fingerprint density at radius 3 is 2.43 bits per heavy atom. The molecule has 0 spiro atoms. The van der Waals surface area contributed by atoms with Gasteiger partial charge in [0, 0.05) is 0 Å². The highest BCUT2D eigenvalue weighted by atomic mass is 16.3. The van der Waals surface area contributed by atoms with E-state index < -0.39 is 0 Å². The Morgan fingerprint density at radius 1 is 1.00 bits per heavy atom. The van der Waals surface area contributed by atoms with Gasteiger partial charge in [-0.15, -0.1) is 0 Å². The Labute approximate surface area is 187 Å². The van der Waals surface area contributed by atoms with Gasteiger partial charge < -0.3 is 5.11 Å². The molecular weight excluding hydrogens is 364 g/mol. The van der Waals surface area contributed by atoms with Crippen molar-refractivity contribution >= 4 is 0 Å². The highest BCUT2D eigenvalue weighted by Crippen LogP contribution is 2.65. The summed E-state index contributed by atoms with van der Waals surface area (Å²) in [6, 6.07) is 0. The van der Waals surface area contributed by atoms with Crippen molar-refractivity contribution < 1.29 is 5.11 Å². The molecule has 3 fully saturated rings. The highest BCUT2D eigenvalue weighted by Gasteiger charge is 2.55. The molecule has 0 radical (unpaired) electrons. The smallest absolute Gasteiger partial charge is 0.0578 e. The Hall–Kier alpha value is -0.820. The van der Waals surface area contributed by atoms with Crippen molar-refractivity contribution in [1.29, 1.82) is 0 Å². The van der Waals surface area contributed by atoms with Crippen LogP contribution in [0.5, 0.6) is 0 Å². The quantitative estimate of drug-likeness (QED) is 0.462. The first kappa shape index (κ1) is 23.8. The van der Waals surface area contributed by atoms with E-state index in [2.05, 4.69) is 58.9 Å². The fraction of sp³-hybridized carbons (Fsp3) is 0.793. The zero-order valence-electron chi connectivity index (χ0n) is 20.9. The fourth-order valence-corrected chi connectivity index (χ4v) is 7.16. The van der Waals surface area contributed by atoms with E-state index >= 15 is 0 Å². The molecule has 1 N–H and O–H groups in total. The molecule has 170 valence electrons. The van der Waals surface area contributed by atoms with E-state index in [1.54, 1.807) is 5.57 Å². The lowest BCUT2D eigenvalue weighted by Crippen LogP contribution is -2.45. The van der Waals surface area contributed by atoms with Crippen LogP contribution in [0.3, 0.4) is 0 Å². The third kappa shape index (κ3) is 4.13. The maximum atomic E-state index is 10.2. The number of aliphatic hydroxyl groups excluding tert-OH is 1. The predicted molar refractivity (Wildman–Crippen MR) is 130 cm³/mol. The normalized spacial score (nSPS) is 41.2. The Kier molecular flexibility index (Phi) is 7.43. The predicted octanol–water partition coefficient (Wildman–Crippen LogP) is 8.11. The van der Waals surface area contributed by atoms with Gasteiger partial charge in [0.25, 0.3) is 0 Å². The maximum Gasteiger partial charge on any atom is 0.0578 e. The van der Waals surface area contributed by atoms with Gasteiger partial charge in [0.1, 0.15) is 0 Å². The van der Waals surface area contributed by atoms with Gasteiger partial charge in [-0.25, -0.2) is 0 Å². The second-order valence-corrected chi connectivity index (χ2v) is 11.4. The van der Waals surface area contributed by atoms with Gasteiger partial charge in [0.2, 0.25) is 0 Å². The number of rotatable bonds is 4. The molecule has 4 aliphatic rings. The maximum absolute atomic E-state index is 10.2. The first-order chi connectivity index (χ1) is 14.3. The molecule has 30 heavy (non-hydrogen) atoms. The van der Waals surface area contributed by atoms with Gasteiger partial charge in [-0.1, -0.05) is 83.9 Å². The van der Waals surface area contributed by atoms with E-state index in [-0.39, 0.29) is 6.10 Å². The lowest BCUT2D eigenvalue weighted by Gasteiger charge is -2.54. The van der Waals surface area contributed by atoms with E-state index in [4.69, 9.17) is 0 Å². The van der Waals surface area contributed by atoms with E-state index in [0.717, 1.165) is 36.5 Å². The summed E-state index contributed by atoms with van der Waals surface area (Å²) in [5.41, 5.74) is 4.11. The summed E-state index contributed by atoms with van der Waals surface area (Å²) in [5, 5.41) is 10.2. The minimum absolute atomic E-state index is 0.112. The van der Waals surface area contributed by atoms with Gasteiger partial charge in [-0.2, -0.15) is 0 Å². The number of fused-ring (bicyclic) bond motifs is 5. The van der Waals surface area contributed by atoms with Crippen molar-refractivity contribution in [2.45, 2.75) is 106 Å². The summed E-state index contributed by atoms with van der Waals surface area (Å²) in [4.78, 5) is 0. The molecule has 0 heterocycles. The molecule has 4 aliphatic carbocycles. The lowest BCUT2D eigenvalue weighted by atomic mass is 9.50. The minimum Gasteiger partial charge on any atom is -0.393 e. The molecule has 3 saturated carbocycles. The molecule has 6 unspecified atom stereocenters. The summed E-state index contributed by atoms with van der Waals surface area (Å²) in [6.45, 7) is 16.1. The molecule has 0 aromatic heterocycles. The zero-order chi connectivity index (χ0) is 22.1. The van der Waals surface area contributed by atoms with E-state index in [0.29, 0.717) is 16.7 Å². The Morgan fingerprint density at radius 2 is 1.73 bits per heavy atom. The van der Waals surface area contributed by atoms with Gasteiger partial charge in [0.15, 0.2) is 0 Å². The second kappa shape index (κ2) is 9.35. The monoisotopic (exact) mass is 412 g/mol. The Bertz CT molecular complexity index is 682. The molecular formula is C29H48O. The van der Waals surface area contributed by atoms with Gasteiger partial charge in [-0.05, 0) is 91.8 Å². The fourth-order valence-electron chi connectivity index (χ4n) is 7.16. The number of hydrogen-bond acceptors (Lipinski definition) is 1. The van der Waals surface area contributed by atoms with Crippen LogP contribution in [-0.4, -0.2) is 11.2 Å². The summed E-state index contributed by atoms with van der Waals surface area (Å²) in [7, 11) is 0. The number of aliphatic hydroxyl groups is 1. The van der Waals surface area contributed by atoms with Crippen LogP contribution in [-0.2, 0) is 0 Å². The summed E-state index contributed by atoms with van der Waals surface area (Å²) in [5.74, 6) is 3.79. The molecule has 0 aromatic rings. The molecule has 1 nitrogen and oxygen atoms in total. The average Bonchev–Trinajstić information content (AvgIpc) is 3.06. The van der Waals surface area contributed by atoms with Crippen LogP contribution < -0.4 is 0 Å².